The molecule has 0 bridgehead atoms. The van der Waals surface area contributed by atoms with E-state index in [0.717, 1.165) is 19.1 Å². The molecule has 2 aliphatic carbocycles. The van der Waals surface area contributed by atoms with Gasteiger partial charge < -0.3 is 5.32 Å². The van der Waals surface area contributed by atoms with Crippen LogP contribution >= 0.6 is 11.3 Å². The maximum Gasteiger partial charge on any atom is 0.115 e. The molecule has 1 unspecified atom stereocenters. The molecule has 1 N–H and O–H groups in total. The highest BCUT2D eigenvalue weighted by molar-refractivity contribution is 7.12. The number of hydrogen-bond acceptors (Lipinski definition) is 4. The van der Waals surface area contributed by atoms with Crippen LogP contribution < -0.4 is 5.32 Å². The Labute approximate surface area is 154 Å². The molecular formula is C21H27N3S. The third-order valence-electron chi connectivity index (χ3n) is 5.88. The molecule has 2 heterocycles. The molecule has 25 heavy (non-hydrogen) atoms. The Balaban J connectivity index is 1.41. The van der Waals surface area contributed by atoms with Crippen LogP contribution in [0.25, 0.3) is 0 Å². The van der Waals surface area contributed by atoms with Gasteiger partial charge in [-0.05, 0) is 57.1 Å². The summed E-state index contributed by atoms with van der Waals surface area (Å²) in [6, 6.07) is 11.6. The lowest BCUT2D eigenvalue weighted by Gasteiger charge is -2.42. The maximum atomic E-state index is 5.14. The number of benzene rings is 1. The maximum absolute atomic E-state index is 5.14. The van der Waals surface area contributed by atoms with E-state index in [-0.39, 0.29) is 5.54 Å². The normalized spacial score (nSPS) is 26.7. The van der Waals surface area contributed by atoms with Crippen molar-refractivity contribution in [2.75, 3.05) is 13.1 Å². The first-order valence-corrected chi connectivity index (χ1v) is 10.7. The molecule has 1 aromatic heterocycles. The number of piperidine rings is 1. The number of likely N-dealkylation sites (tertiary alicyclic amines) is 1. The zero-order valence-electron chi connectivity index (χ0n) is 14.8. The van der Waals surface area contributed by atoms with Crippen LogP contribution in [0.4, 0.5) is 0 Å². The summed E-state index contributed by atoms with van der Waals surface area (Å²) in [7, 11) is 0. The van der Waals surface area contributed by atoms with Crippen molar-refractivity contribution in [3.8, 4) is 0 Å². The first-order chi connectivity index (χ1) is 12.3. The van der Waals surface area contributed by atoms with Gasteiger partial charge in [0.05, 0.1) is 11.2 Å². The number of aryl methyl sites for hydroxylation is 2. The van der Waals surface area contributed by atoms with E-state index in [4.69, 9.17) is 4.98 Å². The van der Waals surface area contributed by atoms with Gasteiger partial charge in [0, 0.05) is 24.0 Å². The summed E-state index contributed by atoms with van der Waals surface area (Å²) >= 11 is 2.01. The fourth-order valence-electron chi connectivity index (χ4n) is 4.49. The quantitative estimate of drug-likeness (QED) is 0.884. The first kappa shape index (κ1) is 16.0. The SMILES string of the molecule is c1ccc(CN2CCCC(NC3CC3)(c3nc4c(s3)CCC4)C2)cc1. The van der Waals surface area contributed by atoms with Crippen molar-refractivity contribution < 1.29 is 0 Å². The zero-order valence-corrected chi connectivity index (χ0v) is 15.7. The second kappa shape index (κ2) is 6.49. The summed E-state index contributed by atoms with van der Waals surface area (Å²) in [5.41, 5.74) is 2.91. The highest BCUT2D eigenvalue weighted by atomic mass is 32.1. The van der Waals surface area contributed by atoms with Gasteiger partial charge in [0.15, 0.2) is 0 Å². The molecule has 1 saturated heterocycles. The Kier molecular flexibility index (Phi) is 4.15. The summed E-state index contributed by atoms with van der Waals surface area (Å²) in [4.78, 5) is 9.34. The van der Waals surface area contributed by atoms with Gasteiger partial charge >= 0.3 is 0 Å². The molecule has 1 saturated carbocycles. The van der Waals surface area contributed by atoms with Gasteiger partial charge in [-0.1, -0.05) is 30.3 Å². The highest BCUT2D eigenvalue weighted by Gasteiger charge is 2.43. The van der Waals surface area contributed by atoms with E-state index in [1.807, 2.05) is 11.3 Å². The average Bonchev–Trinajstić information content (AvgIpc) is 3.16. The molecule has 3 aliphatic rings. The van der Waals surface area contributed by atoms with Gasteiger partial charge in [-0.2, -0.15) is 0 Å². The Bertz CT molecular complexity index is 715. The predicted molar refractivity (Wildman–Crippen MR) is 103 cm³/mol. The van der Waals surface area contributed by atoms with Crippen molar-refractivity contribution in [2.45, 2.75) is 63.1 Å². The number of aromatic nitrogens is 1. The van der Waals surface area contributed by atoms with E-state index in [9.17, 15) is 0 Å². The van der Waals surface area contributed by atoms with Crippen LogP contribution in [0.15, 0.2) is 30.3 Å². The lowest BCUT2D eigenvalue weighted by molar-refractivity contribution is 0.112. The second-order valence-electron chi connectivity index (χ2n) is 8.04. The number of thiazole rings is 1. The minimum absolute atomic E-state index is 0.0865. The molecule has 132 valence electrons. The number of nitrogens with one attached hydrogen (secondary N) is 1. The van der Waals surface area contributed by atoms with E-state index in [0.29, 0.717) is 0 Å². The van der Waals surface area contributed by atoms with Gasteiger partial charge in [-0.3, -0.25) is 4.90 Å². The van der Waals surface area contributed by atoms with Crippen molar-refractivity contribution >= 4 is 11.3 Å². The lowest BCUT2D eigenvalue weighted by atomic mass is 9.88. The summed E-state index contributed by atoms with van der Waals surface area (Å²) in [6.45, 7) is 3.36. The van der Waals surface area contributed by atoms with Crippen molar-refractivity contribution in [3.63, 3.8) is 0 Å². The van der Waals surface area contributed by atoms with Crippen molar-refractivity contribution in [3.05, 3.63) is 51.5 Å². The number of hydrogen-bond donors (Lipinski definition) is 1. The molecule has 1 atom stereocenters. The number of rotatable bonds is 5. The molecule has 5 rings (SSSR count). The molecule has 0 radical (unpaired) electrons. The highest BCUT2D eigenvalue weighted by Crippen LogP contribution is 2.40. The minimum Gasteiger partial charge on any atom is -0.302 e. The average molecular weight is 354 g/mol. The van der Waals surface area contributed by atoms with E-state index in [2.05, 4.69) is 40.5 Å². The number of fused-ring (bicyclic) bond motifs is 1. The molecule has 3 nitrogen and oxygen atoms in total. The van der Waals surface area contributed by atoms with Crippen LogP contribution in [0.2, 0.25) is 0 Å². The number of nitrogens with zero attached hydrogens (tertiary/aromatic N) is 2. The van der Waals surface area contributed by atoms with Crippen LogP contribution in [0.5, 0.6) is 0 Å². The summed E-state index contributed by atoms with van der Waals surface area (Å²) in [5, 5.41) is 5.41. The van der Waals surface area contributed by atoms with Gasteiger partial charge in [0.25, 0.3) is 0 Å². The lowest BCUT2D eigenvalue weighted by Crippen LogP contribution is -2.55. The topological polar surface area (TPSA) is 28.2 Å². The fourth-order valence-corrected chi connectivity index (χ4v) is 5.81. The zero-order chi connectivity index (χ0) is 16.7. The van der Waals surface area contributed by atoms with Gasteiger partial charge in [0.2, 0.25) is 0 Å². The van der Waals surface area contributed by atoms with Gasteiger partial charge in [0.1, 0.15) is 5.01 Å². The molecule has 1 aromatic carbocycles. The largest absolute Gasteiger partial charge is 0.302 e. The van der Waals surface area contributed by atoms with Crippen molar-refractivity contribution in [1.29, 1.82) is 0 Å². The van der Waals surface area contributed by atoms with E-state index >= 15 is 0 Å². The Morgan fingerprint density at radius 1 is 1.16 bits per heavy atom. The first-order valence-electron chi connectivity index (χ1n) is 9.84. The van der Waals surface area contributed by atoms with E-state index in [1.165, 1.54) is 67.8 Å². The van der Waals surface area contributed by atoms with Crippen LogP contribution in [0.1, 0.15) is 53.2 Å². The second-order valence-corrected chi connectivity index (χ2v) is 9.13. The molecule has 2 aromatic rings. The standard InChI is InChI=1S/C21H27N3S/c1-2-6-16(7-3-1)14-24-13-5-12-21(15-24,23-17-10-11-17)20-22-18-8-4-9-19(18)25-20/h1-3,6-7,17,23H,4-5,8-15H2. The fraction of sp³-hybridized carbons (Fsp3) is 0.571. The third-order valence-corrected chi connectivity index (χ3v) is 7.24. The monoisotopic (exact) mass is 353 g/mol. The Hall–Kier alpha value is -1.23. The van der Waals surface area contributed by atoms with Crippen molar-refractivity contribution in [1.82, 2.24) is 15.2 Å². The van der Waals surface area contributed by atoms with E-state index < -0.39 is 0 Å². The third kappa shape index (κ3) is 3.27. The van der Waals surface area contributed by atoms with Crippen LogP contribution in [-0.4, -0.2) is 29.0 Å². The summed E-state index contributed by atoms with van der Waals surface area (Å²) < 4.78 is 0. The minimum atomic E-state index is 0.0865. The van der Waals surface area contributed by atoms with Crippen LogP contribution in [-0.2, 0) is 24.9 Å². The van der Waals surface area contributed by atoms with Crippen molar-refractivity contribution in [2.24, 2.45) is 0 Å². The van der Waals surface area contributed by atoms with Crippen LogP contribution in [0, 0.1) is 0 Å². The predicted octanol–water partition coefficient (Wildman–Crippen LogP) is 3.88. The molecule has 0 spiro atoms. The smallest absolute Gasteiger partial charge is 0.115 e. The van der Waals surface area contributed by atoms with Gasteiger partial charge in [-0.25, -0.2) is 4.98 Å². The van der Waals surface area contributed by atoms with Crippen LogP contribution in [0.3, 0.4) is 0 Å². The van der Waals surface area contributed by atoms with Gasteiger partial charge in [-0.15, -0.1) is 11.3 Å². The molecule has 4 heteroatoms. The summed E-state index contributed by atoms with van der Waals surface area (Å²) in [5.74, 6) is 0. The molecule has 0 amide bonds. The molecule has 2 fully saturated rings. The Morgan fingerprint density at radius 2 is 2.04 bits per heavy atom. The Morgan fingerprint density at radius 3 is 2.84 bits per heavy atom. The molecular weight excluding hydrogens is 326 g/mol. The van der Waals surface area contributed by atoms with E-state index in [1.54, 1.807) is 4.88 Å². The molecule has 1 aliphatic heterocycles. The summed E-state index contributed by atoms with van der Waals surface area (Å²) in [6.07, 6.45) is 8.92.